The Kier molecular flexibility index (Phi) is 3.23. The topological polar surface area (TPSA) is 59.4 Å². The van der Waals surface area contributed by atoms with Gasteiger partial charge < -0.3 is 9.84 Å². The van der Waals surface area contributed by atoms with Gasteiger partial charge in [0, 0.05) is 17.3 Å². The van der Waals surface area contributed by atoms with Crippen LogP contribution in [-0.2, 0) is 0 Å². The Balaban J connectivity index is 2.57. The molecule has 18 heavy (non-hydrogen) atoms. The Morgan fingerprint density at radius 1 is 1.39 bits per heavy atom. The minimum atomic E-state index is -1.17. The van der Waals surface area contributed by atoms with Crippen LogP contribution in [0.3, 0.4) is 0 Å². The van der Waals surface area contributed by atoms with E-state index in [9.17, 15) is 9.18 Å². The third-order valence-electron chi connectivity index (χ3n) is 2.46. The predicted molar refractivity (Wildman–Crippen MR) is 63.1 cm³/mol. The lowest BCUT2D eigenvalue weighted by molar-refractivity contribution is 0.0692. The fourth-order valence-electron chi connectivity index (χ4n) is 1.61. The number of hydrogen-bond acceptors (Lipinski definition) is 3. The van der Waals surface area contributed by atoms with Gasteiger partial charge in [0.05, 0.1) is 7.11 Å². The molecule has 92 valence electrons. The second kappa shape index (κ2) is 4.83. The van der Waals surface area contributed by atoms with Crippen LogP contribution in [0.1, 0.15) is 10.4 Å². The summed E-state index contributed by atoms with van der Waals surface area (Å²) in [6.07, 6.45) is 1.38. The average molecular weight is 247 g/mol. The number of carboxylic acids is 1. The molecule has 0 unspecified atom stereocenters. The van der Waals surface area contributed by atoms with Crippen molar-refractivity contribution in [3.8, 4) is 17.0 Å². The van der Waals surface area contributed by atoms with Crippen molar-refractivity contribution in [1.29, 1.82) is 0 Å². The highest BCUT2D eigenvalue weighted by Gasteiger charge is 2.15. The van der Waals surface area contributed by atoms with Gasteiger partial charge in [0.15, 0.2) is 0 Å². The molecule has 1 aromatic carbocycles. The van der Waals surface area contributed by atoms with E-state index in [1.54, 1.807) is 18.2 Å². The van der Waals surface area contributed by atoms with E-state index in [-0.39, 0.29) is 11.4 Å². The normalized spacial score (nSPS) is 10.1. The number of aromatic nitrogens is 1. The molecule has 0 saturated carbocycles. The highest BCUT2D eigenvalue weighted by atomic mass is 19.1. The molecule has 4 nitrogen and oxygen atoms in total. The van der Waals surface area contributed by atoms with Gasteiger partial charge in [-0.2, -0.15) is 0 Å². The van der Waals surface area contributed by atoms with Gasteiger partial charge in [-0.3, -0.25) is 0 Å². The van der Waals surface area contributed by atoms with E-state index in [0.29, 0.717) is 11.1 Å². The number of aromatic carboxylic acids is 1. The molecule has 0 aliphatic heterocycles. The Hall–Kier alpha value is -2.43. The minimum absolute atomic E-state index is 0.00240. The molecule has 5 heteroatoms. The van der Waals surface area contributed by atoms with Gasteiger partial charge >= 0.3 is 5.97 Å². The molecule has 0 amide bonds. The molecule has 0 aliphatic rings. The zero-order valence-corrected chi connectivity index (χ0v) is 9.55. The Labute approximate surface area is 103 Å². The summed E-state index contributed by atoms with van der Waals surface area (Å²) < 4.78 is 18.4. The van der Waals surface area contributed by atoms with Crippen molar-refractivity contribution in [2.24, 2.45) is 0 Å². The summed E-state index contributed by atoms with van der Waals surface area (Å²) in [6.45, 7) is 0. The number of methoxy groups -OCH3 is 1. The average Bonchev–Trinajstić information content (AvgIpc) is 2.38. The van der Waals surface area contributed by atoms with Crippen LogP contribution in [0.15, 0.2) is 36.5 Å². The maximum absolute atomic E-state index is 13.6. The molecule has 2 aromatic rings. The number of nitrogens with zero attached hydrogens (tertiary/aromatic N) is 1. The number of benzene rings is 1. The number of halogens is 1. The zero-order chi connectivity index (χ0) is 13.1. The SMILES string of the molecule is COc1ncc(-c2ccccc2F)cc1C(=O)O. The van der Waals surface area contributed by atoms with E-state index in [0.717, 1.165) is 0 Å². The van der Waals surface area contributed by atoms with E-state index in [1.165, 1.54) is 25.4 Å². The van der Waals surface area contributed by atoms with E-state index in [2.05, 4.69) is 4.98 Å². The molecule has 0 aliphatic carbocycles. The van der Waals surface area contributed by atoms with E-state index < -0.39 is 11.8 Å². The summed E-state index contributed by atoms with van der Waals surface area (Å²) >= 11 is 0. The highest BCUT2D eigenvalue weighted by molar-refractivity contribution is 5.91. The van der Waals surface area contributed by atoms with Crippen molar-refractivity contribution in [2.75, 3.05) is 7.11 Å². The van der Waals surface area contributed by atoms with Crippen molar-refractivity contribution in [3.63, 3.8) is 0 Å². The lowest BCUT2D eigenvalue weighted by Crippen LogP contribution is -2.03. The molecule has 0 atom stereocenters. The summed E-state index contributed by atoms with van der Waals surface area (Å²) in [4.78, 5) is 14.9. The Morgan fingerprint density at radius 3 is 2.72 bits per heavy atom. The molecular weight excluding hydrogens is 237 g/mol. The Morgan fingerprint density at radius 2 is 2.11 bits per heavy atom. The van der Waals surface area contributed by atoms with Crippen molar-refractivity contribution in [3.05, 3.63) is 47.9 Å². The minimum Gasteiger partial charge on any atom is -0.480 e. The smallest absolute Gasteiger partial charge is 0.341 e. The number of carboxylic acid groups (broad SMARTS) is 1. The standard InChI is InChI=1S/C13H10FNO3/c1-18-12-10(13(16)17)6-8(7-15-12)9-4-2-3-5-11(9)14/h2-7H,1H3,(H,16,17). The first-order chi connectivity index (χ1) is 8.63. The van der Waals surface area contributed by atoms with E-state index >= 15 is 0 Å². The van der Waals surface area contributed by atoms with E-state index in [1.807, 2.05) is 0 Å². The Bertz CT molecular complexity index is 599. The molecular formula is C13H10FNO3. The fourth-order valence-corrected chi connectivity index (χ4v) is 1.61. The third kappa shape index (κ3) is 2.15. The second-order valence-corrected chi connectivity index (χ2v) is 3.57. The van der Waals surface area contributed by atoms with Crippen LogP contribution in [0, 0.1) is 5.82 Å². The van der Waals surface area contributed by atoms with Crippen molar-refractivity contribution < 1.29 is 19.0 Å². The molecule has 1 aromatic heterocycles. The summed E-state index contributed by atoms with van der Waals surface area (Å²) in [5.41, 5.74) is 0.597. The summed E-state index contributed by atoms with van der Waals surface area (Å²) in [6, 6.07) is 7.44. The monoisotopic (exact) mass is 247 g/mol. The van der Waals surface area contributed by atoms with Gasteiger partial charge in [0.2, 0.25) is 5.88 Å². The first kappa shape index (κ1) is 12.0. The molecule has 1 heterocycles. The number of ether oxygens (including phenoxy) is 1. The van der Waals surface area contributed by atoms with Crippen LogP contribution in [0.2, 0.25) is 0 Å². The van der Waals surface area contributed by atoms with Gasteiger partial charge in [0.25, 0.3) is 0 Å². The quantitative estimate of drug-likeness (QED) is 0.905. The zero-order valence-electron chi connectivity index (χ0n) is 9.55. The summed E-state index contributed by atoms with van der Waals surface area (Å²) in [5.74, 6) is -1.60. The summed E-state index contributed by atoms with van der Waals surface area (Å²) in [5, 5.41) is 9.02. The number of pyridine rings is 1. The van der Waals surface area contributed by atoms with E-state index in [4.69, 9.17) is 9.84 Å². The molecule has 0 bridgehead atoms. The van der Waals surface area contributed by atoms with Crippen LogP contribution < -0.4 is 4.74 Å². The largest absolute Gasteiger partial charge is 0.480 e. The molecule has 0 fully saturated rings. The molecule has 0 saturated heterocycles. The lowest BCUT2D eigenvalue weighted by Gasteiger charge is -2.07. The number of carbonyl (C=O) groups is 1. The fraction of sp³-hybridized carbons (Fsp3) is 0.0769. The van der Waals surface area contributed by atoms with Crippen molar-refractivity contribution >= 4 is 5.97 Å². The molecule has 0 radical (unpaired) electrons. The maximum Gasteiger partial charge on any atom is 0.341 e. The molecule has 2 rings (SSSR count). The van der Waals surface area contributed by atoms with Gasteiger partial charge in [-0.1, -0.05) is 18.2 Å². The van der Waals surface area contributed by atoms with Crippen LogP contribution >= 0.6 is 0 Å². The predicted octanol–water partition coefficient (Wildman–Crippen LogP) is 2.59. The van der Waals surface area contributed by atoms with Gasteiger partial charge in [-0.05, 0) is 12.1 Å². The first-order valence-electron chi connectivity index (χ1n) is 5.15. The molecule has 1 N–H and O–H groups in total. The maximum atomic E-state index is 13.6. The first-order valence-corrected chi connectivity index (χ1v) is 5.15. The lowest BCUT2D eigenvalue weighted by atomic mass is 10.1. The summed E-state index contributed by atoms with van der Waals surface area (Å²) in [7, 11) is 1.33. The third-order valence-corrected chi connectivity index (χ3v) is 2.46. The van der Waals surface area contributed by atoms with Crippen molar-refractivity contribution in [1.82, 2.24) is 4.98 Å². The van der Waals surface area contributed by atoms with Crippen LogP contribution in [0.4, 0.5) is 4.39 Å². The van der Waals surface area contributed by atoms with Gasteiger partial charge in [0.1, 0.15) is 11.4 Å². The second-order valence-electron chi connectivity index (χ2n) is 3.57. The van der Waals surface area contributed by atoms with Crippen molar-refractivity contribution in [2.45, 2.75) is 0 Å². The number of rotatable bonds is 3. The van der Waals surface area contributed by atoms with Crippen LogP contribution in [-0.4, -0.2) is 23.2 Å². The van der Waals surface area contributed by atoms with Gasteiger partial charge in [-0.15, -0.1) is 0 Å². The van der Waals surface area contributed by atoms with Crippen LogP contribution in [0.25, 0.3) is 11.1 Å². The highest BCUT2D eigenvalue weighted by Crippen LogP contribution is 2.26. The molecule has 0 spiro atoms. The van der Waals surface area contributed by atoms with Crippen LogP contribution in [0.5, 0.6) is 5.88 Å². The number of hydrogen-bond donors (Lipinski definition) is 1. The van der Waals surface area contributed by atoms with Gasteiger partial charge in [-0.25, -0.2) is 14.2 Å².